The summed E-state index contributed by atoms with van der Waals surface area (Å²) in [6, 6.07) is 8.30. The molecule has 0 amide bonds. The summed E-state index contributed by atoms with van der Waals surface area (Å²) in [6.45, 7) is 7.00. The van der Waals surface area contributed by atoms with Gasteiger partial charge in [-0.1, -0.05) is 0 Å². The molecule has 0 aliphatic carbocycles. The summed E-state index contributed by atoms with van der Waals surface area (Å²) >= 11 is 0. The number of hydrogen-bond donors (Lipinski definition) is 1. The molecule has 2 rings (SSSR count). The molecule has 0 aliphatic rings. The topological polar surface area (TPSA) is 41.1 Å². The van der Waals surface area contributed by atoms with Crippen molar-refractivity contribution in [3.05, 3.63) is 35.5 Å². The molecule has 1 N–H and O–H groups in total. The minimum Gasteiger partial charge on any atom is -0.378 e. The third-order valence-corrected chi connectivity index (χ3v) is 3.38. The Hall–Kier alpha value is -2.10. The molecule has 1 aromatic heterocycles. The summed E-state index contributed by atoms with van der Waals surface area (Å²) in [6.07, 6.45) is 0. The highest BCUT2D eigenvalue weighted by Gasteiger charge is 2.09. The van der Waals surface area contributed by atoms with Gasteiger partial charge in [-0.3, -0.25) is 0 Å². The maximum atomic E-state index is 4.63. The van der Waals surface area contributed by atoms with Crippen LogP contribution in [0.15, 0.2) is 24.3 Å². The minimum atomic E-state index is 0.773. The van der Waals surface area contributed by atoms with Gasteiger partial charge >= 0.3 is 0 Å². The Kier molecular flexibility index (Phi) is 4.23. The predicted octanol–water partition coefficient (Wildman–Crippen LogP) is 3.26. The van der Waals surface area contributed by atoms with Crippen LogP contribution in [0.25, 0.3) is 11.4 Å². The van der Waals surface area contributed by atoms with E-state index in [0.29, 0.717) is 0 Å². The van der Waals surface area contributed by atoms with Gasteiger partial charge in [-0.05, 0) is 45.0 Å². The van der Waals surface area contributed by atoms with Crippen molar-refractivity contribution in [2.45, 2.75) is 20.8 Å². The third kappa shape index (κ3) is 2.90. The highest BCUT2D eigenvalue weighted by Crippen LogP contribution is 2.23. The second-order valence-electron chi connectivity index (χ2n) is 5.08. The number of hydrogen-bond acceptors (Lipinski definition) is 4. The molecule has 0 spiro atoms. The van der Waals surface area contributed by atoms with Gasteiger partial charge < -0.3 is 10.2 Å². The molecule has 0 radical (unpaired) electrons. The van der Waals surface area contributed by atoms with Crippen molar-refractivity contribution >= 4 is 11.5 Å². The van der Waals surface area contributed by atoms with Gasteiger partial charge in [0.2, 0.25) is 0 Å². The van der Waals surface area contributed by atoms with Crippen LogP contribution in [-0.2, 0) is 0 Å². The molecule has 1 heterocycles. The summed E-state index contributed by atoms with van der Waals surface area (Å²) in [4.78, 5) is 11.3. The zero-order valence-electron chi connectivity index (χ0n) is 12.9. The van der Waals surface area contributed by atoms with E-state index in [1.807, 2.05) is 27.9 Å². The average molecular weight is 270 g/mol. The zero-order valence-corrected chi connectivity index (χ0v) is 12.9. The molecular weight excluding hydrogens is 248 g/mol. The van der Waals surface area contributed by atoms with Gasteiger partial charge in [0.25, 0.3) is 0 Å². The number of aromatic nitrogens is 2. The van der Waals surface area contributed by atoms with E-state index in [9.17, 15) is 0 Å². The van der Waals surface area contributed by atoms with Crippen molar-refractivity contribution in [2.75, 3.05) is 30.9 Å². The Morgan fingerprint density at radius 1 is 1.05 bits per heavy atom. The lowest BCUT2D eigenvalue weighted by atomic mass is 10.1. The average Bonchev–Trinajstić information content (AvgIpc) is 2.44. The normalized spacial score (nSPS) is 10.4. The van der Waals surface area contributed by atoms with E-state index in [2.05, 4.69) is 51.4 Å². The van der Waals surface area contributed by atoms with Crippen molar-refractivity contribution in [3.63, 3.8) is 0 Å². The summed E-state index contributed by atoms with van der Waals surface area (Å²) in [5, 5.41) is 3.30. The van der Waals surface area contributed by atoms with Crippen molar-refractivity contribution in [1.29, 1.82) is 0 Å². The molecular formula is C16H22N4. The fraction of sp³-hybridized carbons (Fsp3) is 0.375. The molecule has 0 aliphatic heterocycles. The molecule has 0 atom stereocenters. The van der Waals surface area contributed by atoms with Gasteiger partial charge in [0.15, 0.2) is 5.82 Å². The first-order chi connectivity index (χ1) is 9.52. The van der Waals surface area contributed by atoms with Gasteiger partial charge in [0.1, 0.15) is 5.82 Å². The van der Waals surface area contributed by atoms with E-state index in [1.165, 1.54) is 5.69 Å². The number of nitrogens with zero attached hydrogens (tertiary/aromatic N) is 3. The number of aryl methyl sites for hydroxylation is 1. The fourth-order valence-electron chi connectivity index (χ4n) is 2.01. The van der Waals surface area contributed by atoms with Gasteiger partial charge in [0.05, 0.1) is 0 Å². The molecule has 0 saturated heterocycles. The molecule has 2 aromatic rings. The Bertz CT molecular complexity index is 588. The molecule has 0 bridgehead atoms. The highest BCUT2D eigenvalue weighted by molar-refractivity contribution is 5.63. The van der Waals surface area contributed by atoms with Crippen molar-refractivity contribution in [1.82, 2.24) is 9.97 Å². The van der Waals surface area contributed by atoms with Gasteiger partial charge in [-0.25, -0.2) is 9.97 Å². The second kappa shape index (κ2) is 5.90. The van der Waals surface area contributed by atoms with E-state index in [4.69, 9.17) is 0 Å². The van der Waals surface area contributed by atoms with E-state index >= 15 is 0 Å². The van der Waals surface area contributed by atoms with Crippen LogP contribution in [0.2, 0.25) is 0 Å². The maximum absolute atomic E-state index is 4.63. The summed E-state index contributed by atoms with van der Waals surface area (Å²) < 4.78 is 0. The molecule has 0 fully saturated rings. The van der Waals surface area contributed by atoms with E-state index in [1.54, 1.807) is 0 Å². The van der Waals surface area contributed by atoms with Crippen LogP contribution >= 0.6 is 0 Å². The molecule has 4 heteroatoms. The van der Waals surface area contributed by atoms with Crippen LogP contribution in [0.5, 0.6) is 0 Å². The Morgan fingerprint density at radius 2 is 1.70 bits per heavy atom. The smallest absolute Gasteiger partial charge is 0.161 e. The quantitative estimate of drug-likeness (QED) is 0.926. The maximum Gasteiger partial charge on any atom is 0.161 e. The second-order valence-corrected chi connectivity index (χ2v) is 5.08. The summed E-state index contributed by atoms with van der Waals surface area (Å²) in [5.41, 5.74) is 4.34. The lowest BCUT2D eigenvalue weighted by Crippen LogP contribution is -2.08. The lowest BCUT2D eigenvalue weighted by molar-refractivity contribution is 1.05. The lowest BCUT2D eigenvalue weighted by Gasteiger charge is -2.14. The Morgan fingerprint density at radius 3 is 2.25 bits per heavy atom. The van der Waals surface area contributed by atoms with Crippen molar-refractivity contribution < 1.29 is 0 Å². The first-order valence-corrected chi connectivity index (χ1v) is 6.89. The molecule has 106 valence electrons. The van der Waals surface area contributed by atoms with Crippen molar-refractivity contribution in [3.8, 4) is 11.4 Å². The molecule has 1 aromatic carbocycles. The number of nitrogens with one attached hydrogen (secondary N) is 1. The van der Waals surface area contributed by atoms with Crippen LogP contribution in [-0.4, -0.2) is 30.6 Å². The Labute approximate surface area is 120 Å². The summed E-state index contributed by atoms with van der Waals surface area (Å²) in [5.74, 6) is 1.70. The molecule has 4 nitrogen and oxygen atoms in total. The molecule has 0 saturated carbocycles. The SMILES string of the molecule is CCNc1nc(-c2ccc(N(C)C)cc2)nc(C)c1C. The number of anilines is 2. The summed E-state index contributed by atoms with van der Waals surface area (Å²) in [7, 11) is 4.07. The highest BCUT2D eigenvalue weighted by atomic mass is 15.1. The standard InChI is InChI=1S/C16H22N4/c1-6-17-15-11(2)12(3)18-16(19-15)13-7-9-14(10-8-13)20(4)5/h7-10H,6H2,1-5H3,(H,17,18,19). The van der Waals surface area contributed by atoms with E-state index < -0.39 is 0 Å². The monoisotopic (exact) mass is 270 g/mol. The van der Waals surface area contributed by atoms with Crippen LogP contribution in [0, 0.1) is 13.8 Å². The Balaban J connectivity index is 2.41. The molecule has 20 heavy (non-hydrogen) atoms. The largest absolute Gasteiger partial charge is 0.378 e. The first-order valence-electron chi connectivity index (χ1n) is 6.89. The van der Waals surface area contributed by atoms with E-state index in [0.717, 1.165) is 35.0 Å². The molecule has 0 unspecified atom stereocenters. The van der Waals surface area contributed by atoms with Crippen LogP contribution in [0.1, 0.15) is 18.2 Å². The zero-order chi connectivity index (χ0) is 14.7. The van der Waals surface area contributed by atoms with Crippen LogP contribution in [0.3, 0.4) is 0 Å². The first kappa shape index (κ1) is 14.3. The van der Waals surface area contributed by atoms with Gasteiger partial charge in [0, 0.05) is 43.1 Å². The fourth-order valence-corrected chi connectivity index (χ4v) is 2.01. The van der Waals surface area contributed by atoms with Gasteiger partial charge in [-0.2, -0.15) is 0 Å². The van der Waals surface area contributed by atoms with Crippen LogP contribution in [0.4, 0.5) is 11.5 Å². The number of benzene rings is 1. The number of rotatable bonds is 4. The third-order valence-electron chi connectivity index (χ3n) is 3.38. The van der Waals surface area contributed by atoms with Crippen molar-refractivity contribution in [2.24, 2.45) is 0 Å². The van der Waals surface area contributed by atoms with E-state index in [-0.39, 0.29) is 0 Å². The van der Waals surface area contributed by atoms with Gasteiger partial charge in [-0.15, -0.1) is 0 Å². The predicted molar refractivity (Wildman–Crippen MR) is 85.4 cm³/mol. The van der Waals surface area contributed by atoms with Crippen LogP contribution < -0.4 is 10.2 Å². The minimum absolute atomic E-state index is 0.773.